The standard InChI is InChI=1S/C15H13ClN2O2/c1-20-13-7-4-6-11(9-13)15(19)18-17-10-12-5-2-3-8-14(12)16/h2-10H,1H3,(H,18,19)/b17-10-. The highest BCUT2D eigenvalue weighted by atomic mass is 35.5. The van der Waals surface area contributed by atoms with Gasteiger partial charge in [-0.05, 0) is 24.3 Å². The van der Waals surface area contributed by atoms with Gasteiger partial charge < -0.3 is 4.74 Å². The summed E-state index contributed by atoms with van der Waals surface area (Å²) in [6.07, 6.45) is 1.50. The first-order valence-electron chi connectivity index (χ1n) is 5.92. The summed E-state index contributed by atoms with van der Waals surface area (Å²) >= 11 is 5.98. The first-order chi connectivity index (χ1) is 9.70. The van der Waals surface area contributed by atoms with Gasteiger partial charge in [-0.1, -0.05) is 35.9 Å². The Morgan fingerprint density at radius 3 is 2.80 bits per heavy atom. The van der Waals surface area contributed by atoms with Crippen LogP contribution >= 0.6 is 11.6 Å². The first kappa shape index (κ1) is 14.1. The monoisotopic (exact) mass is 288 g/mol. The van der Waals surface area contributed by atoms with Crippen LogP contribution in [0.2, 0.25) is 5.02 Å². The molecule has 2 aromatic carbocycles. The largest absolute Gasteiger partial charge is 0.497 e. The molecule has 0 aromatic heterocycles. The van der Waals surface area contributed by atoms with Crippen LogP contribution < -0.4 is 10.2 Å². The lowest BCUT2D eigenvalue weighted by molar-refractivity contribution is 0.0955. The van der Waals surface area contributed by atoms with Gasteiger partial charge in [0.15, 0.2) is 0 Å². The van der Waals surface area contributed by atoms with E-state index in [0.717, 1.165) is 5.56 Å². The normalized spacial score (nSPS) is 10.5. The Hall–Kier alpha value is -2.33. The summed E-state index contributed by atoms with van der Waals surface area (Å²) in [5, 5.41) is 4.46. The van der Waals surface area contributed by atoms with Crippen molar-refractivity contribution >= 4 is 23.7 Å². The minimum absolute atomic E-state index is 0.313. The zero-order valence-electron chi connectivity index (χ0n) is 10.8. The molecule has 0 fully saturated rings. The lowest BCUT2D eigenvalue weighted by atomic mass is 10.2. The maximum Gasteiger partial charge on any atom is 0.271 e. The number of ether oxygens (including phenoxy) is 1. The minimum Gasteiger partial charge on any atom is -0.497 e. The number of amides is 1. The molecule has 0 unspecified atom stereocenters. The molecule has 0 aliphatic heterocycles. The number of rotatable bonds is 4. The fourth-order valence-electron chi connectivity index (χ4n) is 1.57. The Morgan fingerprint density at radius 2 is 2.05 bits per heavy atom. The van der Waals surface area contributed by atoms with Crippen LogP contribution in [0.4, 0.5) is 0 Å². The smallest absolute Gasteiger partial charge is 0.271 e. The fraction of sp³-hybridized carbons (Fsp3) is 0.0667. The van der Waals surface area contributed by atoms with E-state index in [4.69, 9.17) is 16.3 Å². The Morgan fingerprint density at radius 1 is 1.25 bits per heavy atom. The predicted molar refractivity (Wildman–Crippen MR) is 79.5 cm³/mol. The summed E-state index contributed by atoms with van der Waals surface area (Å²) in [6.45, 7) is 0. The molecule has 20 heavy (non-hydrogen) atoms. The molecule has 0 aliphatic carbocycles. The van der Waals surface area contributed by atoms with E-state index in [0.29, 0.717) is 16.3 Å². The van der Waals surface area contributed by atoms with E-state index in [-0.39, 0.29) is 5.91 Å². The molecular formula is C15H13ClN2O2. The average molecular weight is 289 g/mol. The van der Waals surface area contributed by atoms with Gasteiger partial charge in [-0.2, -0.15) is 5.10 Å². The van der Waals surface area contributed by atoms with Crippen LogP contribution in [0.1, 0.15) is 15.9 Å². The van der Waals surface area contributed by atoms with Crippen molar-refractivity contribution < 1.29 is 9.53 Å². The molecule has 1 N–H and O–H groups in total. The average Bonchev–Trinajstić information content (AvgIpc) is 2.49. The molecule has 0 saturated heterocycles. The summed E-state index contributed by atoms with van der Waals surface area (Å²) in [5.74, 6) is 0.305. The van der Waals surface area contributed by atoms with Crippen LogP contribution in [-0.2, 0) is 0 Å². The predicted octanol–water partition coefficient (Wildman–Crippen LogP) is 3.11. The zero-order chi connectivity index (χ0) is 14.4. The van der Waals surface area contributed by atoms with Gasteiger partial charge in [0, 0.05) is 16.1 Å². The quantitative estimate of drug-likeness (QED) is 0.694. The van der Waals surface area contributed by atoms with Gasteiger partial charge in [0.25, 0.3) is 5.91 Å². The topological polar surface area (TPSA) is 50.7 Å². The molecule has 0 radical (unpaired) electrons. The van der Waals surface area contributed by atoms with E-state index in [1.807, 2.05) is 18.2 Å². The van der Waals surface area contributed by atoms with E-state index in [2.05, 4.69) is 10.5 Å². The molecule has 1 amide bonds. The molecular weight excluding hydrogens is 276 g/mol. The van der Waals surface area contributed by atoms with Gasteiger partial charge in [0.05, 0.1) is 13.3 Å². The zero-order valence-corrected chi connectivity index (χ0v) is 11.6. The maximum atomic E-state index is 11.9. The summed E-state index contributed by atoms with van der Waals surface area (Å²) < 4.78 is 5.06. The summed E-state index contributed by atoms with van der Waals surface area (Å²) in [7, 11) is 1.55. The third-order valence-electron chi connectivity index (χ3n) is 2.61. The van der Waals surface area contributed by atoms with Crippen molar-refractivity contribution in [3.63, 3.8) is 0 Å². The highest BCUT2D eigenvalue weighted by Crippen LogP contribution is 2.13. The second kappa shape index (κ2) is 6.73. The number of methoxy groups -OCH3 is 1. The van der Waals surface area contributed by atoms with E-state index in [1.165, 1.54) is 6.21 Å². The molecule has 0 bridgehead atoms. The van der Waals surface area contributed by atoms with Gasteiger partial charge in [-0.25, -0.2) is 5.43 Å². The molecule has 0 saturated carbocycles. The van der Waals surface area contributed by atoms with Gasteiger partial charge >= 0.3 is 0 Å². The van der Waals surface area contributed by atoms with Crippen molar-refractivity contribution in [3.8, 4) is 5.75 Å². The Kier molecular flexibility index (Phi) is 4.74. The van der Waals surface area contributed by atoms with Crippen molar-refractivity contribution in [1.29, 1.82) is 0 Å². The molecule has 102 valence electrons. The SMILES string of the molecule is COc1cccc(C(=O)N/N=C\c2ccccc2Cl)c1. The van der Waals surface area contributed by atoms with Crippen LogP contribution in [0.5, 0.6) is 5.75 Å². The van der Waals surface area contributed by atoms with Crippen LogP contribution in [0.25, 0.3) is 0 Å². The van der Waals surface area contributed by atoms with E-state index in [9.17, 15) is 4.79 Å². The second-order valence-corrected chi connectivity index (χ2v) is 4.36. The van der Waals surface area contributed by atoms with Crippen molar-refractivity contribution in [3.05, 3.63) is 64.7 Å². The maximum absolute atomic E-state index is 11.9. The number of hydrogen-bond acceptors (Lipinski definition) is 3. The number of nitrogens with zero attached hydrogens (tertiary/aromatic N) is 1. The summed E-state index contributed by atoms with van der Waals surface area (Å²) in [5.41, 5.74) is 3.65. The molecule has 0 heterocycles. The minimum atomic E-state index is -0.313. The molecule has 0 atom stereocenters. The molecule has 0 aliphatic rings. The van der Waals surface area contributed by atoms with Crippen molar-refractivity contribution in [2.75, 3.05) is 7.11 Å². The number of benzene rings is 2. The lowest BCUT2D eigenvalue weighted by Gasteiger charge is -2.03. The number of nitrogens with one attached hydrogen (secondary N) is 1. The van der Waals surface area contributed by atoms with Gasteiger partial charge in [-0.15, -0.1) is 0 Å². The van der Waals surface area contributed by atoms with Gasteiger partial charge in [-0.3, -0.25) is 4.79 Å². The van der Waals surface area contributed by atoms with E-state index < -0.39 is 0 Å². The highest BCUT2D eigenvalue weighted by Gasteiger charge is 2.05. The van der Waals surface area contributed by atoms with Crippen molar-refractivity contribution in [1.82, 2.24) is 5.43 Å². The summed E-state index contributed by atoms with van der Waals surface area (Å²) in [4.78, 5) is 11.9. The number of hydrazone groups is 1. The Balaban J connectivity index is 2.03. The molecule has 5 heteroatoms. The fourth-order valence-corrected chi connectivity index (χ4v) is 1.75. The number of carbonyl (C=O) groups is 1. The molecule has 0 spiro atoms. The number of carbonyl (C=O) groups excluding carboxylic acids is 1. The van der Waals surface area contributed by atoms with E-state index >= 15 is 0 Å². The number of halogens is 1. The van der Waals surface area contributed by atoms with Crippen molar-refractivity contribution in [2.24, 2.45) is 5.10 Å². The third kappa shape index (κ3) is 3.59. The Labute approximate surface area is 122 Å². The van der Waals surface area contributed by atoms with Crippen LogP contribution in [-0.4, -0.2) is 19.2 Å². The van der Waals surface area contributed by atoms with Gasteiger partial charge in [0.2, 0.25) is 0 Å². The lowest BCUT2D eigenvalue weighted by Crippen LogP contribution is -2.17. The second-order valence-electron chi connectivity index (χ2n) is 3.95. The third-order valence-corrected chi connectivity index (χ3v) is 2.95. The molecule has 2 aromatic rings. The van der Waals surface area contributed by atoms with Crippen LogP contribution in [0.15, 0.2) is 53.6 Å². The summed E-state index contributed by atoms with van der Waals surface area (Å²) in [6, 6.07) is 14.1. The highest BCUT2D eigenvalue weighted by molar-refractivity contribution is 6.33. The van der Waals surface area contributed by atoms with E-state index in [1.54, 1.807) is 37.4 Å². The van der Waals surface area contributed by atoms with Gasteiger partial charge in [0.1, 0.15) is 5.75 Å². The molecule has 2 rings (SSSR count). The number of hydrogen-bond donors (Lipinski definition) is 1. The van der Waals surface area contributed by atoms with Crippen molar-refractivity contribution in [2.45, 2.75) is 0 Å². The van der Waals surface area contributed by atoms with Crippen LogP contribution in [0.3, 0.4) is 0 Å². The molecule has 4 nitrogen and oxygen atoms in total. The van der Waals surface area contributed by atoms with Crippen LogP contribution in [0, 0.1) is 0 Å². The Bertz CT molecular complexity index is 641. The first-order valence-corrected chi connectivity index (χ1v) is 6.30.